The lowest BCUT2D eigenvalue weighted by atomic mass is 9.92. The smallest absolute Gasteiger partial charge is 0.407 e. The van der Waals surface area contributed by atoms with E-state index in [4.69, 9.17) is 10.00 Å². The fourth-order valence-corrected chi connectivity index (χ4v) is 2.18. The van der Waals surface area contributed by atoms with Crippen LogP contribution in [-0.4, -0.2) is 12.8 Å². The minimum atomic E-state index is -4.54. The summed E-state index contributed by atoms with van der Waals surface area (Å²) < 4.78 is 42.3. The molecule has 1 unspecified atom stereocenters. The molecule has 0 aromatic heterocycles. The van der Waals surface area contributed by atoms with Crippen LogP contribution in [0.5, 0.6) is 5.75 Å². The molecular weight excluding hydrogens is 255 g/mol. The van der Waals surface area contributed by atoms with Gasteiger partial charge in [0.05, 0.1) is 6.07 Å². The Bertz CT molecular complexity index is 490. The van der Waals surface area contributed by atoms with Gasteiger partial charge >= 0.3 is 6.18 Å². The summed E-state index contributed by atoms with van der Waals surface area (Å²) >= 11 is 0. The van der Waals surface area contributed by atoms with Crippen LogP contribution < -0.4 is 4.74 Å². The van der Waals surface area contributed by atoms with E-state index in [0.29, 0.717) is 5.75 Å². The Hall–Kier alpha value is -1.70. The summed E-state index contributed by atoms with van der Waals surface area (Å²) in [5.74, 6) is -1.67. The highest BCUT2D eigenvalue weighted by Gasteiger charge is 2.40. The van der Waals surface area contributed by atoms with Crippen molar-refractivity contribution in [2.24, 2.45) is 5.92 Å². The Kier molecular flexibility index (Phi) is 3.98. The van der Waals surface area contributed by atoms with E-state index in [2.05, 4.69) is 0 Å². The zero-order chi connectivity index (χ0) is 13.9. The predicted octanol–water partition coefficient (Wildman–Crippen LogP) is 3.65. The molecule has 1 aliphatic rings. The summed E-state index contributed by atoms with van der Waals surface area (Å²) in [6, 6.07) is 6.59. The van der Waals surface area contributed by atoms with Gasteiger partial charge in [0.25, 0.3) is 0 Å². The zero-order valence-corrected chi connectivity index (χ0v) is 10.3. The average Bonchev–Trinajstić information content (AvgIpc) is 2.37. The molecule has 0 heterocycles. The van der Waals surface area contributed by atoms with Crippen molar-refractivity contribution >= 4 is 0 Å². The van der Waals surface area contributed by atoms with Crippen molar-refractivity contribution in [2.45, 2.75) is 31.9 Å². The van der Waals surface area contributed by atoms with Crippen molar-refractivity contribution in [1.29, 1.82) is 5.26 Å². The molecule has 2 nitrogen and oxygen atoms in total. The summed E-state index contributed by atoms with van der Waals surface area (Å²) in [5, 5.41) is 8.48. The number of rotatable bonds is 3. The van der Waals surface area contributed by atoms with Gasteiger partial charge < -0.3 is 4.74 Å². The van der Waals surface area contributed by atoms with Crippen molar-refractivity contribution in [1.82, 2.24) is 0 Å². The van der Waals surface area contributed by atoms with Crippen LogP contribution >= 0.6 is 0 Å². The van der Waals surface area contributed by atoms with Gasteiger partial charge in [0.15, 0.2) is 5.92 Å². The minimum Gasteiger partial charge on any atom is -0.492 e. The summed E-state index contributed by atoms with van der Waals surface area (Å²) in [7, 11) is 0. The second-order valence-corrected chi connectivity index (χ2v) is 4.67. The molecule has 0 spiro atoms. The molecule has 0 aliphatic heterocycles. The Morgan fingerprint density at radius 1 is 1.21 bits per heavy atom. The third-order valence-corrected chi connectivity index (χ3v) is 3.29. The van der Waals surface area contributed by atoms with Crippen LogP contribution in [0, 0.1) is 17.2 Å². The van der Waals surface area contributed by atoms with Crippen LogP contribution in [0.3, 0.4) is 0 Å². The highest BCUT2D eigenvalue weighted by atomic mass is 19.4. The molecule has 1 aromatic rings. The average molecular weight is 269 g/mol. The molecule has 102 valence electrons. The molecule has 0 fully saturated rings. The van der Waals surface area contributed by atoms with Gasteiger partial charge in [0, 0.05) is 0 Å². The molecule has 0 bridgehead atoms. The van der Waals surface area contributed by atoms with Gasteiger partial charge in [-0.25, -0.2) is 0 Å². The summed E-state index contributed by atoms with van der Waals surface area (Å²) in [6.07, 6.45) is -0.340. The molecule has 0 radical (unpaired) electrons. The lowest BCUT2D eigenvalue weighted by molar-refractivity contribution is -0.165. The van der Waals surface area contributed by atoms with E-state index in [1.165, 1.54) is 11.6 Å². The number of fused-ring (bicyclic) bond motifs is 1. The number of nitrogens with zero attached hydrogens (tertiary/aromatic N) is 1. The summed E-state index contributed by atoms with van der Waals surface area (Å²) in [6.45, 7) is -0.654. The van der Waals surface area contributed by atoms with Crippen LogP contribution in [0.15, 0.2) is 18.2 Å². The van der Waals surface area contributed by atoms with Crippen LogP contribution in [0.25, 0.3) is 0 Å². The first-order valence-electron chi connectivity index (χ1n) is 6.21. The number of ether oxygens (including phenoxy) is 1. The van der Waals surface area contributed by atoms with Crippen molar-refractivity contribution in [2.75, 3.05) is 6.61 Å². The molecule has 0 amide bonds. The predicted molar refractivity (Wildman–Crippen MR) is 63.7 cm³/mol. The van der Waals surface area contributed by atoms with Gasteiger partial charge in [0.2, 0.25) is 0 Å². The Balaban J connectivity index is 2.02. The monoisotopic (exact) mass is 269 g/mol. The normalized spacial score (nSPS) is 16.3. The van der Waals surface area contributed by atoms with Gasteiger partial charge in [-0.2, -0.15) is 18.4 Å². The number of nitriles is 1. The maximum Gasteiger partial charge on any atom is 0.407 e. The Morgan fingerprint density at radius 2 is 1.89 bits per heavy atom. The van der Waals surface area contributed by atoms with E-state index in [-0.39, 0.29) is 0 Å². The highest BCUT2D eigenvalue weighted by Crippen LogP contribution is 2.28. The quantitative estimate of drug-likeness (QED) is 0.839. The SMILES string of the molecule is N#CC(COc1ccc2c(c1)CCCC2)C(F)(F)F. The van der Waals surface area contributed by atoms with Crippen LogP contribution in [-0.2, 0) is 12.8 Å². The van der Waals surface area contributed by atoms with E-state index in [9.17, 15) is 13.2 Å². The first-order valence-corrected chi connectivity index (χ1v) is 6.21. The van der Waals surface area contributed by atoms with Gasteiger partial charge in [0.1, 0.15) is 12.4 Å². The van der Waals surface area contributed by atoms with Crippen LogP contribution in [0.4, 0.5) is 13.2 Å². The van der Waals surface area contributed by atoms with E-state index in [1.807, 2.05) is 6.07 Å². The molecular formula is C14H14F3NO. The largest absolute Gasteiger partial charge is 0.492 e. The van der Waals surface area contributed by atoms with E-state index >= 15 is 0 Å². The Labute approximate surface area is 109 Å². The van der Waals surface area contributed by atoms with Crippen LogP contribution in [0.1, 0.15) is 24.0 Å². The van der Waals surface area contributed by atoms with Crippen molar-refractivity contribution in [3.8, 4) is 11.8 Å². The standard InChI is InChI=1S/C14H14F3NO/c15-14(16,17)12(8-18)9-19-13-6-5-10-3-1-2-4-11(10)7-13/h5-7,12H,1-4,9H2. The lowest BCUT2D eigenvalue weighted by Gasteiger charge is -2.18. The molecule has 0 N–H and O–H groups in total. The molecule has 2 rings (SSSR count). The van der Waals surface area contributed by atoms with Gasteiger partial charge in [-0.15, -0.1) is 0 Å². The molecule has 1 aromatic carbocycles. The number of hydrogen-bond donors (Lipinski definition) is 0. The first-order chi connectivity index (χ1) is 9.00. The number of alkyl halides is 3. The lowest BCUT2D eigenvalue weighted by Crippen LogP contribution is -2.27. The second kappa shape index (κ2) is 5.52. The first kappa shape index (κ1) is 13.7. The number of benzene rings is 1. The fraction of sp³-hybridized carbons (Fsp3) is 0.500. The zero-order valence-electron chi connectivity index (χ0n) is 10.3. The maximum atomic E-state index is 12.4. The summed E-state index contributed by atoms with van der Waals surface area (Å²) in [5.41, 5.74) is 2.38. The number of aryl methyl sites for hydroxylation is 2. The van der Waals surface area contributed by atoms with Gasteiger partial charge in [-0.1, -0.05) is 6.07 Å². The van der Waals surface area contributed by atoms with Crippen molar-refractivity contribution in [3.05, 3.63) is 29.3 Å². The maximum absolute atomic E-state index is 12.4. The molecule has 19 heavy (non-hydrogen) atoms. The molecule has 1 aliphatic carbocycles. The van der Waals surface area contributed by atoms with E-state index in [0.717, 1.165) is 31.2 Å². The van der Waals surface area contributed by atoms with Gasteiger partial charge in [-0.05, 0) is 48.9 Å². The van der Waals surface area contributed by atoms with Crippen molar-refractivity contribution in [3.63, 3.8) is 0 Å². The molecule has 5 heteroatoms. The van der Waals surface area contributed by atoms with E-state index in [1.54, 1.807) is 12.1 Å². The third-order valence-electron chi connectivity index (χ3n) is 3.29. The number of hydrogen-bond acceptors (Lipinski definition) is 2. The molecule has 0 saturated heterocycles. The second-order valence-electron chi connectivity index (χ2n) is 4.67. The van der Waals surface area contributed by atoms with Gasteiger partial charge in [-0.3, -0.25) is 0 Å². The summed E-state index contributed by atoms with van der Waals surface area (Å²) in [4.78, 5) is 0. The number of halogens is 3. The van der Waals surface area contributed by atoms with Crippen molar-refractivity contribution < 1.29 is 17.9 Å². The van der Waals surface area contributed by atoms with E-state index < -0.39 is 18.7 Å². The minimum absolute atomic E-state index is 0.408. The molecule has 0 saturated carbocycles. The fourth-order valence-electron chi connectivity index (χ4n) is 2.18. The molecule has 1 atom stereocenters. The third kappa shape index (κ3) is 3.40. The topological polar surface area (TPSA) is 33.0 Å². The Morgan fingerprint density at radius 3 is 2.53 bits per heavy atom. The highest BCUT2D eigenvalue weighted by molar-refractivity contribution is 5.37. The van der Waals surface area contributed by atoms with Crippen LogP contribution in [0.2, 0.25) is 0 Å².